The maximum atomic E-state index is 12.7. The average molecular weight is 378 g/mol. The molecule has 1 N–H and O–H groups in total. The summed E-state index contributed by atoms with van der Waals surface area (Å²) >= 11 is 0. The molecule has 0 bridgehead atoms. The van der Waals surface area contributed by atoms with E-state index in [1.165, 1.54) is 5.01 Å². The highest BCUT2D eigenvalue weighted by molar-refractivity contribution is 6.02. The van der Waals surface area contributed by atoms with Crippen LogP contribution in [0.3, 0.4) is 0 Å². The Kier molecular flexibility index (Phi) is 4.56. The van der Waals surface area contributed by atoms with Crippen LogP contribution >= 0.6 is 0 Å². The van der Waals surface area contributed by atoms with Gasteiger partial charge in [0.2, 0.25) is 5.91 Å². The second-order valence-electron chi connectivity index (χ2n) is 6.54. The van der Waals surface area contributed by atoms with Gasteiger partial charge < -0.3 is 5.11 Å². The highest BCUT2D eigenvalue weighted by Gasteiger charge is 2.34. The fraction of sp³-hybridized carbons (Fsp3) is 0.263. The first-order valence-electron chi connectivity index (χ1n) is 8.83. The summed E-state index contributed by atoms with van der Waals surface area (Å²) in [5, 5.41) is 19.0. The van der Waals surface area contributed by atoms with Gasteiger partial charge in [0.05, 0.1) is 34.9 Å². The van der Waals surface area contributed by atoms with Crippen LogP contribution in [0, 0.1) is 0 Å². The van der Waals surface area contributed by atoms with Gasteiger partial charge >= 0.3 is 5.97 Å². The molecule has 9 heteroatoms. The number of hydrogen-bond donors (Lipinski definition) is 1. The van der Waals surface area contributed by atoms with Crippen LogP contribution in [0.5, 0.6) is 0 Å². The number of aromatic nitrogens is 4. The Morgan fingerprint density at radius 3 is 2.61 bits per heavy atom. The van der Waals surface area contributed by atoms with Crippen molar-refractivity contribution in [2.24, 2.45) is 12.1 Å². The molecule has 0 radical (unpaired) electrons. The zero-order chi connectivity index (χ0) is 19.7. The Labute approximate surface area is 160 Å². The molecule has 3 heterocycles. The second kappa shape index (κ2) is 7.18. The first kappa shape index (κ1) is 17.8. The number of aryl methyl sites for hydroxylation is 1. The summed E-state index contributed by atoms with van der Waals surface area (Å²) in [5.74, 6) is -1.34. The van der Waals surface area contributed by atoms with Gasteiger partial charge in [-0.1, -0.05) is 6.07 Å². The molecule has 4 rings (SSSR count). The van der Waals surface area contributed by atoms with Crippen molar-refractivity contribution in [2.45, 2.75) is 25.3 Å². The Hall–Kier alpha value is -3.62. The first-order chi connectivity index (χ1) is 13.5. The number of carboxylic acid groups (broad SMARTS) is 1. The Morgan fingerprint density at radius 2 is 1.89 bits per heavy atom. The van der Waals surface area contributed by atoms with E-state index >= 15 is 0 Å². The third-order valence-corrected chi connectivity index (χ3v) is 4.71. The quantitative estimate of drug-likeness (QED) is 0.725. The van der Waals surface area contributed by atoms with Gasteiger partial charge in [0.1, 0.15) is 0 Å². The third-order valence-electron chi connectivity index (χ3n) is 4.71. The van der Waals surface area contributed by atoms with Gasteiger partial charge in [0.15, 0.2) is 0 Å². The lowest BCUT2D eigenvalue weighted by molar-refractivity contribution is -0.141. The molecule has 1 amide bonds. The van der Waals surface area contributed by atoms with Gasteiger partial charge in [-0.05, 0) is 23.8 Å². The average Bonchev–Trinajstić information content (AvgIpc) is 3.32. The fourth-order valence-corrected chi connectivity index (χ4v) is 3.33. The van der Waals surface area contributed by atoms with Crippen LogP contribution in [0.4, 0.5) is 0 Å². The predicted octanol–water partition coefficient (Wildman–Crippen LogP) is 1.91. The molecule has 0 saturated heterocycles. The van der Waals surface area contributed by atoms with Gasteiger partial charge in [-0.2, -0.15) is 10.2 Å². The van der Waals surface area contributed by atoms with E-state index in [2.05, 4.69) is 20.2 Å². The van der Waals surface area contributed by atoms with Crippen molar-refractivity contribution in [2.75, 3.05) is 0 Å². The molecule has 1 aliphatic heterocycles. The maximum Gasteiger partial charge on any atom is 0.303 e. The summed E-state index contributed by atoms with van der Waals surface area (Å²) in [6.45, 7) is 0. The van der Waals surface area contributed by atoms with E-state index in [0.29, 0.717) is 6.42 Å². The highest BCUT2D eigenvalue weighted by Crippen LogP contribution is 2.34. The summed E-state index contributed by atoms with van der Waals surface area (Å²) in [5.41, 5.74) is 3.91. The smallest absolute Gasteiger partial charge is 0.303 e. The van der Waals surface area contributed by atoms with E-state index in [1.54, 1.807) is 23.3 Å². The summed E-state index contributed by atoms with van der Waals surface area (Å²) in [6, 6.07) is 7.16. The summed E-state index contributed by atoms with van der Waals surface area (Å²) < 4.78 is 1.70. The van der Waals surface area contributed by atoms with E-state index in [1.807, 2.05) is 31.3 Å². The lowest BCUT2D eigenvalue weighted by Gasteiger charge is -2.22. The van der Waals surface area contributed by atoms with Crippen LogP contribution in [0.1, 0.15) is 36.6 Å². The van der Waals surface area contributed by atoms with Crippen LogP contribution in [0.15, 0.2) is 48.0 Å². The number of hydrogen-bond acceptors (Lipinski definition) is 6. The van der Waals surface area contributed by atoms with Crippen LogP contribution in [-0.2, 0) is 16.6 Å². The van der Waals surface area contributed by atoms with Crippen LogP contribution in [0.25, 0.3) is 11.0 Å². The molecule has 9 nitrogen and oxygen atoms in total. The number of carbonyl (C=O) groups is 2. The standard InChI is InChI=1S/C19H18N6O3/c1-24-16(6-7-22-24)15-11-17(25(23-15)18(26)4-5-19(27)28)12-2-3-13-14(10-12)21-9-8-20-13/h2-3,6-10,17H,4-5,11H2,1H3,(H,27,28)/t17-/m1/s1. The molecule has 0 fully saturated rings. The molecule has 0 aliphatic carbocycles. The number of rotatable bonds is 5. The van der Waals surface area contributed by atoms with Crippen molar-refractivity contribution in [1.82, 2.24) is 24.8 Å². The Morgan fingerprint density at radius 1 is 1.11 bits per heavy atom. The van der Waals surface area contributed by atoms with Crippen LogP contribution in [-0.4, -0.2) is 47.5 Å². The predicted molar refractivity (Wildman–Crippen MR) is 100 cm³/mol. The number of fused-ring (bicyclic) bond motifs is 1. The summed E-state index contributed by atoms with van der Waals surface area (Å²) in [4.78, 5) is 32.2. The third kappa shape index (κ3) is 3.34. The molecule has 0 spiro atoms. The van der Waals surface area contributed by atoms with Crippen LogP contribution < -0.4 is 0 Å². The van der Waals surface area contributed by atoms with E-state index in [9.17, 15) is 9.59 Å². The highest BCUT2D eigenvalue weighted by atomic mass is 16.4. The minimum Gasteiger partial charge on any atom is -0.481 e. The molecule has 1 atom stereocenters. The topological polar surface area (TPSA) is 114 Å². The maximum absolute atomic E-state index is 12.7. The van der Waals surface area contributed by atoms with Gasteiger partial charge in [0.25, 0.3) is 0 Å². The number of nitrogens with zero attached hydrogens (tertiary/aromatic N) is 6. The summed E-state index contributed by atoms with van der Waals surface area (Å²) in [6.07, 6.45) is 5.08. The van der Waals surface area contributed by atoms with Gasteiger partial charge in [-0.25, -0.2) is 5.01 Å². The number of benzene rings is 1. The number of carboxylic acids is 1. The Balaban J connectivity index is 1.69. The van der Waals surface area contributed by atoms with E-state index in [-0.39, 0.29) is 24.8 Å². The van der Waals surface area contributed by atoms with Gasteiger partial charge in [-0.15, -0.1) is 0 Å². The fourth-order valence-electron chi connectivity index (χ4n) is 3.33. The van der Waals surface area contributed by atoms with E-state index in [4.69, 9.17) is 5.11 Å². The lowest BCUT2D eigenvalue weighted by atomic mass is 9.99. The van der Waals surface area contributed by atoms with Crippen molar-refractivity contribution < 1.29 is 14.7 Å². The monoisotopic (exact) mass is 378 g/mol. The molecule has 2 aromatic heterocycles. The van der Waals surface area contributed by atoms with Crippen molar-refractivity contribution in [3.8, 4) is 0 Å². The minimum atomic E-state index is -1.01. The van der Waals surface area contributed by atoms with Gasteiger partial charge in [-0.3, -0.25) is 24.2 Å². The lowest BCUT2D eigenvalue weighted by Crippen LogP contribution is -2.27. The molecule has 1 aromatic carbocycles. The normalized spacial score (nSPS) is 16.4. The second-order valence-corrected chi connectivity index (χ2v) is 6.54. The number of hydrazone groups is 1. The van der Waals surface area contributed by atoms with Crippen LogP contribution in [0.2, 0.25) is 0 Å². The number of aliphatic carboxylic acids is 1. The van der Waals surface area contributed by atoms with Crippen molar-refractivity contribution in [3.63, 3.8) is 0 Å². The van der Waals surface area contributed by atoms with Crippen molar-refractivity contribution >= 4 is 28.6 Å². The van der Waals surface area contributed by atoms with E-state index in [0.717, 1.165) is 28.0 Å². The molecule has 3 aromatic rings. The minimum absolute atomic E-state index is 0.110. The van der Waals surface area contributed by atoms with Gasteiger partial charge in [0, 0.05) is 38.5 Å². The summed E-state index contributed by atoms with van der Waals surface area (Å²) in [7, 11) is 1.81. The number of amides is 1. The molecule has 28 heavy (non-hydrogen) atoms. The Bertz CT molecular complexity index is 1090. The SMILES string of the molecule is Cn1nccc1C1=NN(C(=O)CCC(=O)O)[C@@H](c2ccc3nccnc3c2)C1. The van der Waals surface area contributed by atoms with Crippen molar-refractivity contribution in [1.29, 1.82) is 0 Å². The van der Waals surface area contributed by atoms with Crippen molar-refractivity contribution in [3.05, 3.63) is 54.1 Å². The molecule has 0 saturated carbocycles. The molecular formula is C19H18N6O3. The zero-order valence-corrected chi connectivity index (χ0v) is 15.2. The number of carbonyl (C=O) groups excluding carboxylic acids is 1. The largest absolute Gasteiger partial charge is 0.481 e. The first-order valence-corrected chi connectivity index (χ1v) is 8.83. The molecule has 1 aliphatic rings. The molecule has 0 unspecified atom stereocenters. The molecule has 142 valence electrons. The molecular weight excluding hydrogens is 360 g/mol. The van der Waals surface area contributed by atoms with E-state index < -0.39 is 5.97 Å². The zero-order valence-electron chi connectivity index (χ0n) is 15.2.